The molecule has 0 fully saturated rings. The standard InChI is InChI=1S/C16H14N4O2S/c1-22-12-6-3-2-5-11(12)17-14-8-9-15(20-19-14)18-16(21)13-7-4-10-23-13/h2-10H,1H3,(H,17,19)(H,18,20,21). The Hall–Kier alpha value is -2.93. The predicted octanol–water partition coefficient (Wildman–Crippen LogP) is 3.54. The van der Waals surface area contributed by atoms with Crippen molar-refractivity contribution < 1.29 is 9.53 Å². The Kier molecular flexibility index (Phi) is 4.49. The Labute approximate surface area is 137 Å². The molecular formula is C16H14N4O2S. The second-order valence-electron chi connectivity index (χ2n) is 4.56. The summed E-state index contributed by atoms with van der Waals surface area (Å²) in [7, 11) is 1.61. The summed E-state index contributed by atoms with van der Waals surface area (Å²) >= 11 is 1.37. The number of thiophene rings is 1. The number of hydrogen-bond donors (Lipinski definition) is 2. The summed E-state index contributed by atoms with van der Waals surface area (Å²) in [5, 5.41) is 15.7. The molecule has 23 heavy (non-hydrogen) atoms. The molecule has 6 nitrogen and oxygen atoms in total. The molecular weight excluding hydrogens is 312 g/mol. The van der Waals surface area contributed by atoms with Gasteiger partial charge in [0.05, 0.1) is 17.7 Å². The van der Waals surface area contributed by atoms with Gasteiger partial charge in [0, 0.05) is 0 Å². The molecule has 0 aliphatic rings. The number of carbonyl (C=O) groups excluding carboxylic acids is 1. The van der Waals surface area contributed by atoms with Gasteiger partial charge in [0.2, 0.25) is 0 Å². The zero-order chi connectivity index (χ0) is 16.1. The highest BCUT2D eigenvalue weighted by Crippen LogP contribution is 2.26. The van der Waals surface area contributed by atoms with E-state index in [4.69, 9.17) is 4.74 Å². The van der Waals surface area contributed by atoms with Crippen LogP contribution in [0.3, 0.4) is 0 Å². The van der Waals surface area contributed by atoms with Gasteiger partial charge >= 0.3 is 0 Å². The lowest BCUT2D eigenvalue weighted by molar-refractivity contribution is 0.103. The highest BCUT2D eigenvalue weighted by atomic mass is 32.1. The van der Waals surface area contributed by atoms with E-state index in [9.17, 15) is 4.79 Å². The van der Waals surface area contributed by atoms with Crippen molar-refractivity contribution in [1.82, 2.24) is 10.2 Å². The first kappa shape index (κ1) is 15.0. The summed E-state index contributed by atoms with van der Waals surface area (Å²) in [6, 6.07) is 14.5. The molecule has 0 unspecified atom stereocenters. The van der Waals surface area contributed by atoms with Gasteiger partial charge in [-0.25, -0.2) is 0 Å². The van der Waals surface area contributed by atoms with Crippen LogP contribution in [-0.2, 0) is 0 Å². The zero-order valence-electron chi connectivity index (χ0n) is 12.3. The van der Waals surface area contributed by atoms with Crippen LogP contribution in [0.2, 0.25) is 0 Å². The Balaban J connectivity index is 1.68. The lowest BCUT2D eigenvalue weighted by atomic mass is 10.3. The maximum Gasteiger partial charge on any atom is 0.266 e. The second kappa shape index (κ2) is 6.89. The smallest absolute Gasteiger partial charge is 0.266 e. The lowest BCUT2D eigenvalue weighted by Crippen LogP contribution is -2.12. The number of amides is 1. The predicted molar refractivity (Wildman–Crippen MR) is 90.6 cm³/mol. The van der Waals surface area contributed by atoms with E-state index < -0.39 is 0 Å². The van der Waals surface area contributed by atoms with E-state index in [1.807, 2.05) is 35.7 Å². The van der Waals surface area contributed by atoms with Gasteiger partial charge in [-0.05, 0) is 35.7 Å². The number of hydrogen-bond acceptors (Lipinski definition) is 6. The third kappa shape index (κ3) is 3.64. The fourth-order valence-corrected chi connectivity index (χ4v) is 2.56. The van der Waals surface area contributed by atoms with E-state index in [0.717, 1.165) is 5.69 Å². The van der Waals surface area contributed by atoms with Crippen LogP contribution in [-0.4, -0.2) is 23.2 Å². The number of anilines is 3. The number of benzene rings is 1. The largest absolute Gasteiger partial charge is 0.495 e. The number of rotatable bonds is 5. The number of nitrogens with zero attached hydrogens (tertiary/aromatic N) is 2. The van der Waals surface area contributed by atoms with Crippen molar-refractivity contribution in [2.75, 3.05) is 17.7 Å². The molecule has 2 aromatic heterocycles. The Morgan fingerprint density at radius 2 is 1.83 bits per heavy atom. The molecule has 0 saturated carbocycles. The zero-order valence-corrected chi connectivity index (χ0v) is 13.1. The van der Waals surface area contributed by atoms with Crippen LogP contribution in [0, 0.1) is 0 Å². The van der Waals surface area contributed by atoms with E-state index in [-0.39, 0.29) is 5.91 Å². The van der Waals surface area contributed by atoms with Crippen LogP contribution >= 0.6 is 11.3 Å². The molecule has 116 valence electrons. The van der Waals surface area contributed by atoms with E-state index in [1.165, 1.54) is 11.3 Å². The molecule has 2 N–H and O–H groups in total. The molecule has 7 heteroatoms. The maximum atomic E-state index is 11.9. The van der Waals surface area contributed by atoms with Crippen molar-refractivity contribution in [3.8, 4) is 5.75 Å². The Bertz CT molecular complexity index is 788. The highest BCUT2D eigenvalue weighted by molar-refractivity contribution is 7.12. The van der Waals surface area contributed by atoms with E-state index in [2.05, 4.69) is 20.8 Å². The Morgan fingerprint density at radius 3 is 2.52 bits per heavy atom. The molecule has 0 saturated heterocycles. The van der Waals surface area contributed by atoms with Crippen molar-refractivity contribution in [3.05, 3.63) is 58.8 Å². The number of methoxy groups -OCH3 is 1. The molecule has 0 radical (unpaired) electrons. The van der Waals surface area contributed by atoms with Crippen molar-refractivity contribution in [1.29, 1.82) is 0 Å². The van der Waals surface area contributed by atoms with E-state index in [1.54, 1.807) is 25.3 Å². The summed E-state index contributed by atoms with van der Waals surface area (Å²) in [5.74, 6) is 1.47. The topological polar surface area (TPSA) is 76.1 Å². The molecule has 0 spiro atoms. The molecule has 3 aromatic rings. The van der Waals surface area contributed by atoms with Crippen LogP contribution < -0.4 is 15.4 Å². The fourth-order valence-electron chi connectivity index (χ4n) is 1.94. The van der Waals surface area contributed by atoms with Gasteiger partial charge in [0.25, 0.3) is 5.91 Å². The minimum absolute atomic E-state index is 0.195. The molecule has 0 aliphatic heterocycles. The number of aromatic nitrogens is 2. The van der Waals surface area contributed by atoms with Crippen LogP contribution in [0.15, 0.2) is 53.9 Å². The van der Waals surface area contributed by atoms with Crippen molar-refractivity contribution in [2.45, 2.75) is 0 Å². The first-order valence-electron chi connectivity index (χ1n) is 6.85. The third-order valence-corrected chi connectivity index (χ3v) is 3.89. The first-order chi connectivity index (χ1) is 11.3. The number of para-hydroxylation sites is 2. The second-order valence-corrected chi connectivity index (χ2v) is 5.51. The van der Waals surface area contributed by atoms with Gasteiger partial charge in [-0.15, -0.1) is 21.5 Å². The van der Waals surface area contributed by atoms with Gasteiger partial charge in [-0.2, -0.15) is 0 Å². The lowest BCUT2D eigenvalue weighted by Gasteiger charge is -2.10. The van der Waals surface area contributed by atoms with Crippen molar-refractivity contribution in [2.24, 2.45) is 0 Å². The number of carbonyl (C=O) groups is 1. The quantitative estimate of drug-likeness (QED) is 0.750. The minimum atomic E-state index is -0.195. The summed E-state index contributed by atoms with van der Waals surface area (Å²) in [4.78, 5) is 12.6. The van der Waals surface area contributed by atoms with E-state index in [0.29, 0.717) is 22.3 Å². The average molecular weight is 326 g/mol. The van der Waals surface area contributed by atoms with Gasteiger partial charge in [-0.3, -0.25) is 4.79 Å². The summed E-state index contributed by atoms with van der Waals surface area (Å²) in [6.07, 6.45) is 0. The van der Waals surface area contributed by atoms with Gasteiger partial charge in [-0.1, -0.05) is 18.2 Å². The molecule has 2 heterocycles. The molecule has 0 atom stereocenters. The first-order valence-corrected chi connectivity index (χ1v) is 7.73. The normalized spacial score (nSPS) is 10.1. The van der Waals surface area contributed by atoms with Crippen LogP contribution in [0.25, 0.3) is 0 Å². The molecule has 3 rings (SSSR count). The third-order valence-electron chi connectivity index (χ3n) is 3.02. The van der Waals surface area contributed by atoms with Gasteiger partial charge in [0.15, 0.2) is 11.6 Å². The molecule has 1 amide bonds. The molecule has 1 aromatic carbocycles. The fraction of sp³-hybridized carbons (Fsp3) is 0.0625. The number of ether oxygens (including phenoxy) is 1. The monoisotopic (exact) mass is 326 g/mol. The Morgan fingerprint density at radius 1 is 1.04 bits per heavy atom. The van der Waals surface area contributed by atoms with Crippen LogP contribution in [0.4, 0.5) is 17.3 Å². The van der Waals surface area contributed by atoms with Gasteiger partial charge < -0.3 is 15.4 Å². The van der Waals surface area contributed by atoms with Crippen molar-refractivity contribution in [3.63, 3.8) is 0 Å². The van der Waals surface area contributed by atoms with E-state index >= 15 is 0 Å². The van der Waals surface area contributed by atoms with Crippen LogP contribution in [0.5, 0.6) is 5.75 Å². The van der Waals surface area contributed by atoms with Crippen LogP contribution in [0.1, 0.15) is 9.67 Å². The SMILES string of the molecule is COc1ccccc1Nc1ccc(NC(=O)c2cccs2)nn1. The average Bonchev–Trinajstić information content (AvgIpc) is 3.12. The molecule has 0 bridgehead atoms. The molecule has 0 aliphatic carbocycles. The summed E-state index contributed by atoms with van der Waals surface area (Å²) in [6.45, 7) is 0. The summed E-state index contributed by atoms with van der Waals surface area (Å²) < 4.78 is 5.27. The van der Waals surface area contributed by atoms with Gasteiger partial charge in [0.1, 0.15) is 5.75 Å². The highest BCUT2D eigenvalue weighted by Gasteiger charge is 2.08. The van der Waals surface area contributed by atoms with Crippen molar-refractivity contribution >= 4 is 34.6 Å². The maximum absolute atomic E-state index is 11.9. The number of nitrogens with one attached hydrogen (secondary N) is 2. The summed E-state index contributed by atoms with van der Waals surface area (Å²) in [5.41, 5.74) is 0.791. The minimum Gasteiger partial charge on any atom is -0.495 e.